The Morgan fingerprint density at radius 1 is 1.17 bits per heavy atom. The van der Waals surface area contributed by atoms with Crippen LogP contribution in [0.5, 0.6) is 0 Å². The molecule has 0 amide bonds. The predicted octanol–water partition coefficient (Wildman–Crippen LogP) is 2.49. The Bertz CT molecular complexity index is 1580. The van der Waals surface area contributed by atoms with Crippen LogP contribution in [-0.4, -0.2) is 35.1 Å². The molecular formula is C25H21N3O7S. The van der Waals surface area contributed by atoms with Gasteiger partial charge in [-0.2, -0.15) is 0 Å². The summed E-state index contributed by atoms with van der Waals surface area (Å²) in [7, 11) is 1.27. The Morgan fingerprint density at radius 2 is 1.86 bits per heavy atom. The predicted molar refractivity (Wildman–Crippen MR) is 131 cm³/mol. The Hall–Kier alpha value is -4.38. The quantitative estimate of drug-likeness (QED) is 0.285. The molecule has 1 unspecified atom stereocenters. The number of allylic oxidation sites excluding steroid dienone is 1. The highest BCUT2D eigenvalue weighted by Crippen LogP contribution is 2.31. The van der Waals surface area contributed by atoms with Gasteiger partial charge in [0.25, 0.3) is 11.2 Å². The second kappa shape index (κ2) is 10.1. The number of hydrogen-bond acceptors (Lipinski definition) is 9. The van der Waals surface area contributed by atoms with E-state index in [4.69, 9.17) is 9.47 Å². The van der Waals surface area contributed by atoms with Crippen LogP contribution >= 0.6 is 11.3 Å². The van der Waals surface area contributed by atoms with Crippen LogP contribution in [0.2, 0.25) is 0 Å². The summed E-state index contributed by atoms with van der Waals surface area (Å²) >= 11 is 1.06. The maximum absolute atomic E-state index is 13.6. The number of esters is 2. The van der Waals surface area contributed by atoms with E-state index in [1.165, 1.54) is 23.8 Å². The fourth-order valence-corrected chi connectivity index (χ4v) is 4.98. The minimum absolute atomic E-state index is 0.131. The summed E-state index contributed by atoms with van der Waals surface area (Å²) in [5.74, 6) is -1.14. The van der Waals surface area contributed by atoms with Gasteiger partial charge in [-0.3, -0.25) is 19.5 Å². The fraction of sp³-hybridized carbons (Fsp3) is 0.200. The Balaban J connectivity index is 1.95. The maximum Gasteiger partial charge on any atom is 0.338 e. The summed E-state index contributed by atoms with van der Waals surface area (Å²) in [5.41, 5.74) is 1.10. The maximum atomic E-state index is 13.6. The highest BCUT2D eigenvalue weighted by atomic mass is 32.1. The van der Waals surface area contributed by atoms with Crippen LogP contribution in [0.4, 0.5) is 5.69 Å². The molecule has 2 heterocycles. The summed E-state index contributed by atoms with van der Waals surface area (Å²) < 4.78 is 11.6. The molecule has 184 valence electrons. The summed E-state index contributed by atoms with van der Waals surface area (Å²) in [4.78, 5) is 54.2. The van der Waals surface area contributed by atoms with Crippen molar-refractivity contribution in [1.29, 1.82) is 0 Å². The summed E-state index contributed by atoms with van der Waals surface area (Å²) in [5, 5.41) is 11.4. The average molecular weight is 508 g/mol. The molecule has 10 nitrogen and oxygen atoms in total. The number of nitro benzene ring substituents is 1. The number of nitro groups is 1. The van der Waals surface area contributed by atoms with Crippen molar-refractivity contribution in [3.8, 4) is 0 Å². The molecule has 0 saturated carbocycles. The largest absolute Gasteiger partial charge is 0.465 e. The number of hydrogen-bond donors (Lipinski definition) is 0. The van der Waals surface area contributed by atoms with Gasteiger partial charge in [0.15, 0.2) is 4.80 Å². The monoisotopic (exact) mass is 507 g/mol. The summed E-state index contributed by atoms with van der Waals surface area (Å²) in [6.45, 7) is 3.46. The summed E-state index contributed by atoms with van der Waals surface area (Å²) in [6.07, 6.45) is 1.45. The minimum Gasteiger partial charge on any atom is -0.465 e. The number of ether oxygens (including phenoxy) is 2. The lowest BCUT2D eigenvalue weighted by molar-refractivity contribution is -0.385. The van der Waals surface area contributed by atoms with Gasteiger partial charge in [0.2, 0.25) is 0 Å². The average Bonchev–Trinajstić information content (AvgIpc) is 3.17. The number of aromatic nitrogens is 1. The van der Waals surface area contributed by atoms with E-state index in [9.17, 15) is 24.5 Å². The van der Waals surface area contributed by atoms with Gasteiger partial charge in [0, 0.05) is 6.07 Å². The van der Waals surface area contributed by atoms with E-state index in [2.05, 4.69) is 4.99 Å². The van der Waals surface area contributed by atoms with Crippen molar-refractivity contribution in [3.05, 3.63) is 106 Å². The molecule has 0 fully saturated rings. The molecule has 1 aliphatic rings. The van der Waals surface area contributed by atoms with Crippen molar-refractivity contribution in [2.75, 3.05) is 13.7 Å². The zero-order valence-corrected chi connectivity index (χ0v) is 20.4. The molecule has 1 atom stereocenters. The number of benzene rings is 2. The first-order valence-electron chi connectivity index (χ1n) is 10.9. The number of fused-ring (bicyclic) bond motifs is 1. The van der Waals surface area contributed by atoms with Crippen LogP contribution in [0.15, 0.2) is 69.6 Å². The van der Waals surface area contributed by atoms with Crippen molar-refractivity contribution in [1.82, 2.24) is 4.57 Å². The molecule has 0 N–H and O–H groups in total. The molecule has 0 bridgehead atoms. The first-order valence-corrected chi connectivity index (χ1v) is 11.7. The van der Waals surface area contributed by atoms with Crippen molar-refractivity contribution >= 4 is 35.0 Å². The first kappa shape index (κ1) is 24.7. The van der Waals surface area contributed by atoms with Crippen LogP contribution in [0.25, 0.3) is 6.08 Å². The lowest BCUT2D eigenvalue weighted by Crippen LogP contribution is -2.40. The molecule has 36 heavy (non-hydrogen) atoms. The third-order valence-corrected chi connectivity index (χ3v) is 6.57. The van der Waals surface area contributed by atoms with Crippen molar-refractivity contribution in [2.24, 2.45) is 4.99 Å². The highest BCUT2D eigenvalue weighted by molar-refractivity contribution is 7.07. The van der Waals surface area contributed by atoms with Gasteiger partial charge in [-0.1, -0.05) is 35.6 Å². The second-order valence-electron chi connectivity index (χ2n) is 7.73. The Labute approximate surface area is 208 Å². The number of para-hydroxylation sites is 1. The standard InChI is InChI=1S/C25H21N3O7S/c1-4-35-24(31)20-14(2)26-25-27(21(20)15-9-11-16(12-10-15)23(30)34-3)22(29)19(36-25)13-17-7-5-6-8-18(17)28(32)33/h5-13,21H,4H2,1-3H3/b19-13-. The highest BCUT2D eigenvalue weighted by Gasteiger charge is 2.33. The van der Waals surface area contributed by atoms with E-state index in [0.717, 1.165) is 11.3 Å². The van der Waals surface area contributed by atoms with Crippen LogP contribution < -0.4 is 14.9 Å². The number of rotatable bonds is 6. The van der Waals surface area contributed by atoms with Crippen molar-refractivity contribution in [2.45, 2.75) is 19.9 Å². The van der Waals surface area contributed by atoms with E-state index in [1.54, 1.807) is 56.3 Å². The van der Waals surface area contributed by atoms with Crippen molar-refractivity contribution in [3.63, 3.8) is 0 Å². The molecule has 3 aromatic rings. The molecule has 1 aliphatic heterocycles. The second-order valence-corrected chi connectivity index (χ2v) is 8.74. The van der Waals surface area contributed by atoms with Gasteiger partial charge in [0.1, 0.15) is 0 Å². The number of carbonyl (C=O) groups excluding carboxylic acids is 2. The Morgan fingerprint density at radius 3 is 2.50 bits per heavy atom. The molecule has 2 aromatic carbocycles. The first-order chi connectivity index (χ1) is 17.3. The number of nitrogens with zero attached hydrogens (tertiary/aromatic N) is 3. The number of methoxy groups -OCH3 is 1. The normalized spacial score (nSPS) is 15.2. The van der Waals surface area contributed by atoms with E-state index < -0.39 is 28.5 Å². The van der Waals surface area contributed by atoms with Crippen molar-refractivity contribution < 1.29 is 24.0 Å². The van der Waals surface area contributed by atoms with Crippen LogP contribution in [0.1, 0.15) is 41.4 Å². The van der Waals surface area contributed by atoms with Gasteiger partial charge in [-0.25, -0.2) is 14.6 Å². The third kappa shape index (κ3) is 4.48. The number of thiazole rings is 1. The lowest BCUT2D eigenvalue weighted by atomic mass is 9.95. The molecular weight excluding hydrogens is 486 g/mol. The van der Waals surface area contributed by atoms with Crippen LogP contribution in [-0.2, 0) is 14.3 Å². The molecule has 1 aromatic heterocycles. The van der Waals surface area contributed by atoms with E-state index >= 15 is 0 Å². The van der Waals surface area contributed by atoms with Crippen LogP contribution in [0, 0.1) is 10.1 Å². The van der Waals surface area contributed by atoms with E-state index in [0.29, 0.717) is 21.6 Å². The molecule has 0 spiro atoms. The summed E-state index contributed by atoms with van der Waals surface area (Å²) in [6, 6.07) is 11.6. The zero-order chi connectivity index (χ0) is 26.0. The minimum atomic E-state index is -0.875. The zero-order valence-electron chi connectivity index (χ0n) is 19.6. The number of carbonyl (C=O) groups is 2. The lowest BCUT2D eigenvalue weighted by Gasteiger charge is -2.24. The molecule has 4 rings (SSSR count). The van der Waals surface area contributed by atoms with Gasteiger partial charge in [-0.15, -0.1) is 0 Å². The molecule has 0 saturated heterocycles. The smallest absolute Gasteiger partial charge is 0.338 e. The van der Waals surface area contributed by atoms with E-state index in [1.807, 2.05) is 0 Å². The van der Waals surface area contributed by atoms with Crippen LogP contribution in [0.3, 0.4) is 0 Å². The fourth-order valence-electron chi connectivity index (χ4n) is 3.94. The van der Waals surface area contributed by atoms with Gasteiger partial charge < -0.3 is 9.47 Å². The molecule has 11 heteroatoms. The van der Waals surface area contributed by atoms with Gasteiger partial charge >= 0.3 is 11.9 Å². The van der Waals surface area contributed by atoms with Gasteiger partial charge in [-0.05, 0) is 43.7 Å². The topological polar surface area (TPSA) is 130 Å². The Kier molecular flexibility index (Phi) is 6.93. The molecule has 0 radical (unpaired) electrons. The third-order valence-electron chi connectivity index (χ3n) is 5.58. The van der Waals surface area contributed by atoms with Gasteiger partial charge in [0.05, 0.1) is 51.6 Å². The molecule has 0 aliphatic carbocycles. The SMILES string of the molecule is CCOC(=O)C1=C(C)N=c2s/c(=C\c3ccccc3[N+](=O)[O-])c(=O)n2C1c1ccc(C(=O)OC)cc1. The van der Waals surface area contributed by atoms with E-state index in [-0.39, 0.29) is 28.0 Å².